The van der Waals surface area contributed by atoms with Crippen LogP contribution >= 0.6 is 11.6 Å². The Morgan fingerprint density at radius 1 is 1.31 bits per heavy atom. The fraction of sp³-hybridized carbons (Fsp3) is 0.750. The van der Waals surface area contributed by atoms with Crippen molar-refractivity contribution in [3.05, 3.63) is 17.2 Å². The van der Waals surface area contributed by atoms with E-state index >= 15 is 0 Å². The average molecular weight is 240 g/mol. The van der Waals surface area contributed by atoms with Crippen molar-refractivity contribution in [3.8, 4) is 0 Å². The van der Waals surface area contributed by atoms with E-state index in [4.69, 9.17) is 11.6 Å². The Morgan fingerprint density at radius 2 is 2.12 bits per heavy atom. The molecule has 2 fully saturated rings. The van der Waals surface area contributed by atoms with Crippen LogP contribution in [0.2, 0.25) is 5.15 Å². The van der Waals surface area contributed by atoms with Crippen molar-refractivity contribution >= 4 is 11.6 Å². The SMILES string of the molecule is Clc1cnc(C2CCCC2)n1C1CCNC1. The van der Waals surface area contributed by atoms with Gasteiger partial charge in [0.1, 0.15) is 11.0 Å². The van der Waals surface area contributed by atoms with Gasteiger partial charge in [-0.1, -0.05) is 24.4 Å². The van der Waals surface area contributed by atoms with Crippen molar-refractivity contribution in [2.24, 2.45) is 0 Å². The lowest BCUT2D eigenvalue weighted by molar-refractivity contribution is 0.496. The van der Waals surface area contributed by atoms with Gasteiger partial charge in [-0.2, -0.15) is 0 Å². The molecular formula is C12H18ClN3. The van der Waals surface area contributed by atoms with Gasteiger partial charge in [0, 0.05) is 18.5 Å². The monoisotopic (exact) mass is 239 g/mol. The van der Waals surface area contributed by atoms with Gasteiger partial charge in [-0.15, -0.1) is 0 Å². The Morgan fingerprint density at radius 3 is 2.81 bits per heavy atom. The fourth-order valence-electron chi connectivity index (χ4n) is 3.06. The average Bonchev–Trinajstić information content (AvgIpc) is 2.96. The van der Waals surface area contributed by atoms with Crippen molar-refractivity contribution in [2.75, 3.05) is 13.1 Å². The molecule has 4 heteroatoms. The van der Waals surface area contributed by atoms with Gasteiger partial charge in [0.05, 0.1) is 6.20 Å². The van der Waals surface area contributed by atoms with Gasteiger partial charge >= 0.3 is 0 Å². The third-order valence-electron chi connectivity index (χ3n) is 3.90. The van der Waals surface area contributed by atoms with E-state index in [1.807, 2.05) is 6.20 Å². The molecule has 0 aromatic carbocycles. The van der Waals surface area contributed by atoms with E-state index in [1.165, 1.54) is 37.9 Å². The first-order valence-corrected chi connectivity index (χ1v) is 6.67. The minimum Gasteiger partial charge on any atom is -0.315 e. The van der Waals surface area contributed by atoms with E-state index in [0.29, 0.717) is 12.0 Å². The highest BCUT2D eigenvalue weighted by Crippen LogP contribution is 2.36. The van der Waals surface area contributed by atoms with Crippen molar-refractivity contribution in [2.45, 2.75) is 44.1 Å². The van der Waals surface area contributed by atoms with Crippen LogP contribution in [0, 0.1) is 0 Å². The van der Waals surface area contributed by atoms with Crippen molar-refractivity contribution < 1.29 is 0 Å². The summed E-state index contributed by atoms with van der Waals surface area (Å²) in [4.78, 5) is 4.55. The topological polar surface area (TPSA) is 29.9 Å². The summed E-state index contributed by atoms with van der Waals surface area (Å²) in [7, 11) is 0. The molecular weight excluding hydrogens is 222 g/mol. The van der Waals surface area contributed by atoms with Crippen LogP contribution in [0.25, 0.3) is 0 Å². The van der Waals surface area contributed by atoms with Crippen LogP contribution in [-0.2, 0) is 0 Å². The summed E-state index contributed by atoms with van der Waals surface area (Å²) in [6.07, 6.45) is 8.26. The van der Waals surface area contributed by atoms with E-state index in [1.54, 1.807) is 0 Å². The van der Waals surface area contributed by atoms with Crippen LogP contribution < -0.4 is 5.32 Å². The minimum absolute atomic E-state index is 0.519. The second kappa shape index (κ2) is 4.38. The van der Waals surface area contributed by atoms with E-state index in [9.17, 15) is 0 Å². The molecule has 1 saturated carbocycles. The lowest BCUT2D eigenvalue weighted by Gasteiger charge is -2.18. The summed E-state index contributed by atoms with van der Waals surface area (Å²) >= 11 is 6.28. The lowest BCUT2D eigenvalue weighted by Crippen LogP contribution is -2.17. The number of imidazole rings is 1. The third-order valence-corrected chi connectivity index (χ3v) is 4.18. The number of nitrogens with zero attached hydrogens (tertiary/aromatic N) is 2. The summed E-state index contributed by atoms with van der Waals surface area (Å²) in [5, 5.41) is 4.21. The van der Waals surface area contributed by atoms with Crippen molar-refractivity contribution in [1.29, 1.82) is 0 Å². The summed E-state index contributed by atoms with van der Waals surface area (Å²) < 4.78 is 2.28. The predicted octanol–water partition coefficient (Wildman–Crippen LogP) is 2.73. The number of aromatic nitrogens is 2. The highest BCUT2D eigenvalue weighted by molar-refractivity contribution is 6.29. The van der Waals surface area contributed by atoms with Gasteiger partial charge < -0.3 is 9.88 Å². The molecule has 88 valence electrons. The van der Waals surface area contributed by atoms with Crippen LogP contribution in [0.15, 0.2) is 6.20 Å². The molecule has 0 radical (unpaired) electrons. The minimum atomic E-state index is 0.519. The summed E-state index contributed by atoms with van der Waals surface area (Å²) in [6.45, 7) is 2.14. The number of hydrogen-bond donors (Lipinski definition) is 1. The standard InChI is InChI=1S/C12H18ClN3/c13-11-8-15-12(9-3-1-2-4-9)16(11)10-5-6-14-7-10/h8-10,14H,1-7H2. The highest BCUT2D eigenvalue weighted by Gasteiger charge is 2.27. The molecule has 1 aromatic rings. The second-order valence-electron chi connectivity index (χ2n) is 4.94. The molecule has 1 saturated heterocycles. The molecule has 0 amide bonds. The lowest BCUT2D eigenvalue weighted by atomic mass is 10.1. The van der Waals surface area contributed by atoms with Crippen molar-refractivity contribution in [3.63, 3.8) is 0 Å². The van der Waals surface area contributed by atoms with Crippen molar-refractivity contribution in [1.82, 2.24) is 14.9 Å². The Hall–Kier alpha value is -0.540. The smallest absolute Gasteiger partial charge is 0.129 e. The molecule has 1 N–H and O–H groups in total. The highest BCUT2D eigenvalue weighted by atomic mass is 35.5. The Labute approximate surface area is 101 Å². The van der Waals surface area contributed by atoms with Gasteiger partial charge in [-0.25, -0.2) is 4.98 Å². The molecule has 2 heterocycles. The number of hydrogen-bond acceptors (Lipinski definition) is 2. The molecule has 16 heavy (non-hydrogen) atoms. The zero-order chi connectivity index (χ0) is 11.0. The van der Waals surface area contributed by atoms with Gasteiger partial charge in [0.15, 0.2) is 0 Å². The van der Waals surface area contributed by atoms with Crippen LogP contribution in [0.3, 0.4) is 0 Å². The maximum atomic E-state index is 6.28. The van der Waals surface area contributed by atoms with Gasteiger partial charge in [0.25, 0.3) is 0 Å². The molecule has 1 atom stereocenters. The Balaban J connectivity index is 1.91. The van der Waals surface area contributed by atoms with E-state index < -0.39 is 0 Å². The predicted molar refractivity (Wildman–Crippen MR) is 65.0 cm³/mol. The summed E-state index contributed by atoms with van der Waals surface area (Å²) in [5.41, 5.74) is 0. The van der Waals surface area contributed by atoms with Gasteiger partial charge in [-0.3, -0.25) is 0 Å². The first-order valence-electron chi connectivity index (χ1n) is 6.29. The first kappa shape index (κ1) is 10.6. The normalized spacial score (nSPS) is 26.7. The van der Waals surface area contributed by atoms with E-state index in [0.717, 1.165) is 18.2 Å². The van der Waals surface area contributed by atoms with E-state index in [-0.39, 0.29) is 0 Å². The van der Waals surface area contributed by atoms with Gasteiger partial charge in [-0.05, 0) is 25.8 Å². The maximum absolute atomic E-state index is 6.28. The zero-order valence-corrected chi connectivity index (χ0v) is 10.2. The first-order chi connectivity index (χ1) is 7.86. The van der Waals surface area contributed by atoms with Crippen LogP contribution in [-0.4, -0.2) is 22.6 Å². The Kier molecular flexibility index (Phi) is 2.90. The largest absolute Gasteiger partial charge is 0.315 e. The molecule has 2 aliphatic rings. The maximum Gasteiger partial charge on any atom is 0.129 e. The summed E-state index contributed by atoms with van der Waals surface area (Å²) in [6, 6.07) is 0.519. The number of rotatable bonds is 2. The molecule has 0 bridgehead atoms. The van der Waals surface area contributed by atoms with Crippen LogP contribution in [0.4, 0.5) is 0 Å². The molecule has 3 nitrogen and oxygen atoms in total. The molecule has 3 rings (SSSR count). The molecule has 1 unspecified atom stereocenters. The zero-order valence-electron chi connectivity index (χ0n) is 9.45. The van der Waals surface area contributed by atoms with Crippen LogP contribution in [0.5, 0.6) is 0 Å². The van der Waals surface area contributed by atoms with Gasteiger partial charge in [0.2, 0.25) is 0 Å². The number of halogens is 1. The third kappa shape index (κ3) is 1.76. The molecule has 1 aliphatic heterocycles. The molecule has 1 aromatic heterocycles. The second-order valence-corrected chi connectivity index (χ2v) is 5.32. The Bertz CT molecular complexity index is 362. The fourth-order valence-corrected chi connectivity index (χ4v) is 3.33. The quantitative estimate of drug-likeness (QED) is 0.860. The summed E-state index contributed by atoms with van der Waals surface area (Å²) in [5.74, 6) is 1.88. The molecule has 0 spiro atoms. The van der Waals surface area contributed by atoms with E-state index in [2.05, 4.69) is 14.9 Å². The van der Waals surface area contributed by atoms with Crippen LogP contribution in [0.1, 0.15) is 49.9 Å². The molecule has 1 aliphatic carbocycles. The number of nitrogens with one attached hydrogen (secondary N) is 1.